The van der Waals surface area contributed by atoms with Gasteiger partial charge in [0.1, 0.15) is 6.54 Å². The van der Waals surface area contributed by atoms with Crippen LogP contribution in [0.2, 0.25) is 0 Å². The van der Waals surface area contributed by atoms with Crippen LogP contribution >= 0.6 is 0 Å². The fourth-order valence-corrected chi connectivity index (χ4v) is 2.72. The Bertz CT molecular complexity index is 635. The number of rotatable bonds is 10. The molecule has 3 amide bonds. The van der Waals surface area contributed by atoms with Crippen molar-refractivity contribution in [3.05, 3.63) is 23.5 Å². The van der Waals surface area contributed by atoms with Crippen LogP contribution in [0.1, 0.15) is 77.2 Å². The number of nitrogens with zero attached hydrogens (tertiary/aromatic N) is 1. The molecule has 0 spiro atoms. The maximum Gasteiger partial charge on any atom is 0.389 e. The standard InChI is InChI=1S/C15H25N5O2.C4H7F3.C2H6/c1-11-6-7-13(17-11)12(2)19-16-8-4-3-5-9-20-10-14(21)18-15(20)22;1-2-3-4(5,6)7;1-2/h6-7,12,16-17,19H,3-5,8-10H2,1-2H3,(H,18,21,22);2-3H2,1H3;1-2H3. The number of halogens is 3. The van der Waals surface area contributed by atoms with E-state index < -0.39 is 12.6 Å². The SMILES string of the molecule is CC.CCCC(F)(F)F.Cc1ccc(C(C)NNCCCCCN2CC(=O)NC2=O)[nH]1. The number of carbonyl (C=O) groups excluding carboxylic acids is 2. The van der Waals surface area contributed by atoms with Crippen molar-refractivity contribution in [1.29, 1.82) is 0 Å². The van der Waals surface area contributed by atoms with Crippen molar-refractivity contribution in [3.8, 4) is 0 Å². The monoisotopic (exact) mass is 449 g/mol. The molecule has 31 heavy (non-hydrogen) atoms. The number of unbranched alkanes of at least 4 members (excludes halogenated alkanes) is 2. The number of amides is 3. The minimum atomic E-state index is -3.95. The third-order valence-electron chi connectivity index (χ3n) is 4.27. The Morgan fingerprint density at radius 2 is 1.84 bits per heavy atom. The zero-order valence-corrected chi connectivity index (χ0v) is 19.3. The average molecular weight is 450 g/mol. The highest BCUT2D eigenvalue weighted by Crippen LogP contribution is 2.20. The number of H-pyrrole nitrogens is 1. The molecule has 2 rings (SSSR count). The minimum Gasteiger partial charge on any atom is -0.361 e. The molecule has 180 valence electrons. The summed E-state index contributed by atoms with van der Waals surface area (Å²) in [6.07, 6.45) is -1.48. The molecule has 0 bridgehead atoms. The van der Waals surface area contributed by atoms with Crippen molar-refractivity contribution in [2.24, 2.45) is 0 Å². The normalized spacial score (nSPS) is 14.4. The van der Waals surface area contributed by atoms with Crippen molar-refractivity contribution in [2.45, 2.75) is 78.9 Å². The van der Waals surface area contributed by atoms with Gasteiger partial charge in [-0.15, -0.1) is 0 Å². The quantitative estimate of drug-likeness (QED) is 0.239. The fraction of sp³-hybridized carbons (Fsp3) is 0.714. The maximum absolute atomic E-state index is 11.3. The van der Waals surface area contributed by atoms with E-state index in [0.29, 0.717) is 6.54 Å². The summed E-state index contributed by atoms with van der Waals surface area (Å²) >= 11 is 0. The van der Waals surface area contributed by atoms with Gasteiger partial charge >= 0.3 is 12.2 Å². The zero-order chi connectivity index (χ0) is 23.9. The van der Waals surface area contributed by atoms with E-state index in [2.05, 4.69) is 40.2 Å². The highest BCUT2D eigenvalue weighted by Gasteiger charge is 2.25. The van der Waals surface area contributed by atoms with Crippen molar-refractivity contribution < 1.29 is 22.8 Å². The second kappa shape index (κ2) is 15.7. The third-order valence-corrected chi connectivity index (χ3v) is 4.27. The lowest BCUT2D eigenvalue weighted by atomic mass is 10.2. The van der Waals surface area contributed by atoms with E-state index in [1.54, 1.807) is 4.90 Å². The third kappa shape index (κ3) is 13.8. The highest BCUT2D eigenvalue weighted by atomic mass is 19.4. The van der Waals surface area contributed by atoms with Gasteiger partial charge in [-0.05, 0) is 45.2 Å². The summed E-state index contributed by atoms with van der Waals surface area (Å²) in [6, 6.07) is 4.11. The molecule has 4 N–H and O–H groups in total. The van der Waals surface area contributed by atoms with Crippen LogP contribution in [0.15, 0.2) is 12.1 Å². The molecule has 1 atom stereocenters. The lowest BCUT2D eigenvalue weighted by Gasteiger charge is -2.14. The number of hydrogen-bond acceptors (Lipinski definition) is 4. The first-order valence-corrected chi connectivity index (χ1v) is 10.9. The van der Waals surface area contributed by atoms with E-state index in [-0.39, 0.29) is 30.9 Å². The van der Waals surface area contributed by atoms with Crippen LogP contribution in [0.5, 0.6) is 0 Å². The van der Waals surface area contributed by atoms with E-state index in [9.17, 15) is 22.8 Å². The topological polar surface area (TPSA) is 89.3 Å². The molecule has 1 aromatic rings. The fourth-order valence-electron chi connectivity index (χ4n) is 2.72. The van der Waals surface area contributed by atoms with Gasteiger partial charge in [0.15, 0.2) is 0 Å². The van der Waals surface area contributed by atoms with E-state index >= 15 is 0 Å². The van der Waals surface area contributed by atoms with Gasteiger partial charge in [0.2, 0.25) is 5.91 Å². The molecule has 1 fully saturated rings. The molecule has 1 aromatic heterocycles. The van der Waals surface area contributed by atoms with Gasteiger partial charge in [-0.25, -0.2) is 10.2 Å². The molecule has 1 aliphatic heterocycles. The number of aryl methyl sites for hydroxylation is 1. The molecule has 0 aliphatic carbocycles. The predicted molar refractivity (Wildman–Crippen MR) is 116 cm³/mol. The summed E-state index contributed by atoms with van der Waals surface area (Å²) in [4.78, 5) is 27.2. The number of hydrazine groups is 1. The van der Waals surface area contributed by atoms with Gasteiger partial charge in [0.05, 0.1) is 6.04 Å². The van der Waals surface area contributed by atoms with E-state index in [4.69, 9.17) is 0 Å². The zero-order valence-electron chi connectivity index (χ0n) is 19.3. The predicted octanol–water partition coefficient (Wildman–Crippen LogP) is 4.58. The van der Waals surface area contributed by atoms with Crippen molar-refractivity contribution >= 4 is 11.9 Å². The molecule has 10 heteroatoms. The Balaban J connectivity index is 0.000000852. The number of urea groups is 1. The summed E-state index contributed by atoms with van der Waals surface area (Å²) in [7, 11) is 0. The Morgan fingerprint density at radius 3 is 2.29 bits per heavy atom. The maximum atomic E-state index is 11.3. The van der Waals surface area contributed by atoms with Gasteiger partial charge in [-0.2, -0.15) is 13.2 Å². The first-order chi connectivity index (χ1) is 14.6. The van der Waals surface area contributed by atoms with Crippen molar-refractivity contribution in [3.63, 3.8) is 0 Å². The lowest BCUT2D eigenvalue weighted by molar-refractivity contribution is -0.134. The molecule has 0 saturated carbocycles. The Labute approximate surface area is 183 Å². The van der Waals surface area contributed by atoms with Gasteiger partial charge in [0.25, 0.3) is 0 Å². The van der Waals surface area contributed by atoms with E-state index in [0.717, 1.165) is 37.2 Å². The number of imide groups is 1. The molecule has 7 nitrogen and oxygen atoms in total. The summed E-state index contributed by atoms with van der Waals surface area (Å²) < 4.78 is 33.2. The van der Waals surface area contributed by atoms with Crippen LogP contribution in [-0.4, -0.2) is 47.6 Å². The minimum absolute atomic E-state index is 0.184. The van der Waals surface area contributed by atoms with Crippen LogP contribution < -0.4 is 16.2 Å². The first kappa shape index (κ1) is 28.9. The average Bonchev–Trinajstić information content (AvgIpc) is 3.26. The molecular formula is C21H38F3N5O2. The Hall–Kier alpha value is -2.07. The molecule has 0 aromatic carbocycles. The lowest BCUT2D eigenvalue weighted by Crippen LogP contribution is -2.35. The molecule has 2 heterocycles. The number of nitrogens with one attached hydrogen (secondary N) is 4. The summed E-state index contributed by atoms with van der Waals surface area (Å²) in [5.41, 5.74) is 8.80. The van der Waals surface area contributed by atoms with Gasteiger partial charge in [0, 0.05) is 30.9 Å². The summed E-state index contributed by atoms with van der Waals surface area (Å²) in [5.74, 6) is -0.204. The molecule has 0 radical (unpaired) electrons. The molecule has 1 unspecified atom stereocenters. The second-order valence-corrected chi connectivity index (χ2v) is 7.09. The number of aromatic nitrogens is 1. The summed E-state index contributed by atoms with van der Waals surface area (Å²) in [5, 5.41) is 2.28. The number of aromatic amines is 1. The smallest absolute Gasteiger partial charge is 0.361 e. The molecule has 1 saturated heterocycles. The highest BCUT2D eigenvalue weighted by molar-refractivity contribution is 6.01. The largest absolute Gasteiger partial charge is 0.389 e. The number of carbonyl (C=O) groups is 2. The van der Waals surface area contributed by atoms with Crippen molar-refractivity contribution in [2.75, 3.05) is 19.6 Å². The summed E-state index contributed by atoms with van der Waals surface area (Å²) in [6.45, 7) is 11.4. The second-order valence-electron chi connectivity index (χ2n) is 7.09. The molecule has 1 aliphatic rings. The van der Waals surface area contributed by atoms with Crippen LogP contribution in [-0.2, 0) is 4.79 Å². The first-order valence-electron chi connectivity index (χ1n) is 10.9. The van der Waals surface area contributed by atoms with Gasteiger partial charge in [-0.3, -0.25) is 15.5 Å². The Morgan fingerprint density at radius 1 is 1.16 bits per heavy atom. The number of alkyl halides is 3. The van der Waals surface area contributed by atoms with Crippen LogP contribution in [0.25, 0.3) is 0 Å². The number of hydrogen-bond donors (Lipinski definition) is 4. The van der Waals surface area contributed by atoms with Crippen LogP contribution in [0.4, 0.5) is 18.0 Å². The van der Waals surface area contributed by atoms with E-state index in [1.807, 2.05) is 20.8 Å². The van der Waals surface area contributed by atoms with Gasteiger partial charge < -0.3 is 9.88 Å². The van der Waals surface area contributed by atoms with Crippen LogP contribution in [0.3, 0.4) is 0 Å². The molecular weight excluding hydrogens is 411 g/mol. The van der Waals surface area contributed by atoms with Gasteiger partial charge in [-0.1, -0.05) is 27.2 Å². The Kier molecular flexibility index (Phi) is 14.6. The van der Waals surface area contributed by atoms with Crippen LogP contribution in [0, 0.1) is 6.92 Å². The van der Waals surface area contributed by atoms with Crippen molar-refractivity contribution in [1.82, 2.24) is 26.1 Å². The van der Waals surface area contributed by atoms with E-state index in [1.165, 1.54) is 6.92 Å².